The highest BCUT2D eigenvalue weighted by Crippen LogP contribution is 2.35. The zero-order valence-corrected chi connectivity index (χ0v) is 23.2. The van der Waals surface area contributed by atoms with Crippen molar-refractivity contribution in [3.63, 3.8) is 0 Å². The summed E-state index contributed by atoms with van der Waals surface area (Å²) in [5, 5.41) is 9.16. The van der Waals surface area contributed by atoms with E-state index in [0.717, 1.165) is 11.1 Å². The van der Waals surface area contributed by atoms with Crippen LogP contribution >= 0.6 is 11.3 Å². The van der Waals surface area contributed by atoms with Crippen LogP contribution in [0.1, 0.15) is 40.2 Å². The summed E-state index contributed by atoms with van der Waals surface area (Å²) in [5.41, 5.74) is 2.81. The number of carboxylic acids is 1. The van der Waals surface area contributed by atoms with E-state index < -0.39 is 18.0 Å². The minimum atomic E-state index is -1.01. The van der Waals surface area contributed by atoms with Gasteiger partial charge in [-0.25, -0.2) is 14.6 Å². The number of thiazole rings is 1. The second-order valence-electron chi connectivity index (χ2n) is 9.43. The number of nitrogens with zero attached hydrogens (tertiary/aromatic N) is 2. The monoisotopic (exact) mass is 576 g/mol. The molecule has 1 N–H and O–H groups in total. The Kier molecular flexibility index (Phi) is 7.24. The molecule has 2 aromatic heterocycles. The lowest BCUT2D eigenvalue weighted by molar-refractivity contribution is -0.138. The average Bonchev–Trinajstić information content (AvgIpc) is 3.61. The fraction of sp³-hybridized carbons (Fsp3) is 0.0909. The Hall–Kier alpha value is -5.28. The standard InChI is InChI=1S/C33H24N2O6S/c1-2-40-32(39)27-28(21-9-5-3-6-10-21)34-33-35(29(27)22-11-7-4-8-12-22)30(36)26(42-33)19-24-17-18-25(41-24)20-13-15-23(16-14-20)31(37)38/h3-19,29H,2H2,1H3,(H,37,38)/b26-19-. The van der Waals surface area contributed by atoms with Gasteiger partial charge in [0.1, 0.15) is 11.5 Å². The van der Waals surface area contributed by atoms with Gasteiger partial charge in [0.15, 0.2) is 4.80 Å². The van der Waals surface area contributed by atoms with E-state index in [1.165, 1.54) is 23.5 Å². The number of aromatic nitrogens is 1. The van der Waals surface area contributed by atoms with Crippen LogP contribution in [0.15, 0.2) is 117 Å². The van der Waals surface area contributed by atoms with Crippen molar-refractivity contribution in [3.05, 3.63) is 145 Å². The van der Waals surface area contributed by atoms with Crippen LogP contribution in [-0.2, 0) is 9.53 Å². The maximum absolute atomic E-state index is 14.0. The van der Waals surface area contributed by atoms with Crippen LogP contribution in [0, 0.1) is 0 Å². The van der Waals surface area contributed by atoms with Crippen molar-refractivity contribution in [2.24, 2.45) is 4.99 Å². The fourth-order valence-electron chi connectivity index (χ4n) is 4.88. The topological polar surface area (TPSA) is 111 Å². The summed E-state index contributed by atoms with van der Waals surface area (Å²) in [6.07, 6.45) is 1.65. The van der Waals surface area contributed by atoms with Gasteiger partial charge in [0.05, 0.1) is 34.0 Å². The number of aromatic carboxylic acids is 1. The Morgan fingerprint density at radius 1 is 0.952 bits per heavy atom. The van der Waals surface area contributed by atoms with E-state index in [1.54, 1.807) is 41.8 Å². The molecule has 42 heavy (non-hydrogen) atoms. The van der Waals surface area contributed by atoms with Crippen molar-refractivity contribution >= 4 is 35.0 Å². The van der Waals surface area contributed by atoms with Crippen molar-refractivity contribution in [2.45, 2.75) is 13.0 Å². The van der Waals surface area contributed by atoms with Crippen molar-refractivity contribution in [1.82, 2.24) is 4.57 Å². The first kappa shape index (κ1) is 26.9. The zero-order valence-electron chi connectivity index (χ0n) is 22.4. The Labute approximate surface area is 243 Å². The Morgan fingerprint density at radius 3 is 2.31 bits per heavy atom. The number of ether oxygens (including phenoxy) is 1. The van der Waals surface area contributed by atoms with E-state index in [1.807, 2.05) is 60.7 Å². The van der Waals surface area contributed by atoms with Gasteiger partial charge in [-0.15, -0.1) is 0 Å². The first-order valence-electron chi connectivity index (χ1n) is 13.2. The molecule has 3 aromatic carbocycles. The summed E-state index contributed by atoms with van der Waals surface area (Å²) in [4.78, 5) is 43.9. The second-order valence-corrected chi connectivity index (χ2v) is 10.4. The lowest BCUT2D eigenvalue weighted by Gasteiger charge is -2.25. The molecule has 0 bridgehead atoms. The number of benzene rings is 3. The van der Waals surface area contributed by atoms with E-state index in [9.17, 15) is 14.4 Å². The first-order chi connectivity index (χ1) is 20.4. The SMILES string of the molecule is CCOC(=O)C1=C(c2ccccc2)N=c2s/c(=C\c3ccc(-c4ccc(C(=O)O)cc4)o3)c(=O)n2C1c1ccccc1. The molecule has 0 aliphatic carbocycles. The van der Waals surface area contributed by atoms with Crippen LogP contribution in [0.5, 0.6) is 0 Å². The molecule has 9 heteroatoms. The molecule has 0 amide bonds. The van der Waals surface area contributed by atoms with Gasteiger partial charge in [-0.05, 0) is 36.8 Å². The quantitative estimate of drug-likeness (QED) is 0.276. The Balaban J connectivity index is 1.51. The highest BCUT2D eigenvalue weighted by atomic mass is 32.1. The molecule has 1 aliphatic heterocycles. The van der Waals surface area contributed by atoms with E-state index in [2.05, 4.69) is 0 Å². The zero-order chi connectivity index (χ0) is 29.2. The summed E-state index contributed by atoms with van der Waals surface area (Å²) < 4.78 is 13.4. The van der Waals surface area contributed by atoms with Crippen LogP contribution in [0.25, 0.3) is 23.1 Å². The van der Waals surface area contributed by atoms with Crippen LogP contribution in [0.2, 0.25) is 0 Å². The van der Waals surface area contributed by atoms with Gasteiger partial charge >= 0.3 is 11.9 Å². The molecule has 0 spiro atoms. The van der Waals surface area contributed by atoms with Gasteiger partial charge < -0.3 is 14.3 Å². The molecule has 0 saturated carbocycles. The molecule has 8 nitrogen and oxygen atoms in total. The van der Waals surface area contributed by atoms with Crippen molar-refractivity contribution in [2.75, 3.05) is 6.61 Å². The molecule has 1 unspecified atom stereocenters. The van der Waals surface area contributed by atoms with Crippen molar-refractivity contribution in [1.29, 1.82) is 0 Å². The molecule has 5 aromatic rings. The molecule has 0 radical (unpaired) electrons. The van der Waals surface area contributed by atoms with E-state index in [4.69, 9.17) is 19.3 Å². The lowest BCUT2D eigenvalue weighted by Crippen LogP contribution is -2.39. The molecule has 6 rings (SSSR count). The number of furan rings is 1. The van der Waals surface area contributed by atoms with Crippen LogP contribution < -0.4 is 14.9 Å². The summed E-state index contributed by atoms with van der Waals surface area (Å²) in [7, 11) is 0. The normalized spacial score (nSPS) is 14.8. The van der Waals surface area contributed by atoms with E-state index >= 15 is 0 Å². The number of esters is 1. The molecule has 1 aliphatic rings. The third kappa shape index (κ3) is 5.02. The number of carboxylic acid groups (broad SMARTS) is 1. The predicted molar refractivity (Wildman–Crippen MR) is 159 cm³/mol. The minimum absolute atomic E-state index is 0.177. The smallest absolute Gasteiger partial charge is 0.338 e. The molecule has 208 valence electrons. The number of hydrogen-bond donors (Lipinski definition) is 1. The van der Waals surface area contributed by atoms with Crippen molar-refractivity contribution in [3.8, 4) is 11.3 Å². The van der Waals surface area contributed by atoms with Gasteiger partial charge in [0.25, 0.3) is 5.56 Å². The number of carbonyl (C=O) groups excluding carboxylic acids is 1. The van der Waals surface area contributed by atoms with Gasteiger partial charge in [-0.2, -0.15) is 0 Å². The van der Waals surface area contributed by atoms with Crippen LogP contribution in [0.4, 0.5) is 0 Å². The molecular weight excluding hydrogens is 552 g/mol. The highest BCUT2D eigenvalue weighted by molar-refractivity contribution is 7.07. The lowest BCUT2D eigenvalue weighted by atomic mass is 9.93. The van der Waals surface area contributed by atoms with Gasteiger partial charge in [-0.3, -0.25) is 9.36 Å². The van der Waals surface area contributed by atoms with Crippen LogP contribution in [0.3, 0.4) is 0 Å². The third-order valence-corrected chi connectivity index (χ3v) is 7.79. The van der Waals surface area contributed by atoms with E-state index in [0.29, 0.717) is 37.7 Å². The average molecular weight is 577 g/mol. The van der Waals surface area contributed by atoms with Gasteiger partial charge in [0, 0.05) is 17.2 Å². The summed E-state index contributed by atoms with van der Waals surface area (Å²) >= 11 is 1.21. The number of rotatable bonds is 7. The number of hydrogen-bond acceptors (Lipinski definition) is 7. The maximum atomic E-state index is 14.0. The first-order valence-corrected chi connectivity index (χ1v) is 14.0. The fourth-order valence-corrected chi connectivity index (χ4v) is 5.86. The molecule has 3 heterocycles. The maximum Gasteiger partial charge on any atom is 0.338 e. The predicted octanol–water partition coefficient (Wildman–Crippen LogP) is 4.89. The van der Waals surface area contributed by atoms with Gasteiger partial charge in [-0.1, -0.05) is 84.1 Å². The summed E-state index contributed by atoms with van der Waals surface area (Å²) in [6.45, 7) is 1.92. The van der Waals surface area contributed by atoms with Crippen LogP contribution in [-0.4, -0.2) is 28.2 Å². The Morgan fingerprint density at radius 2 is 1.64 bits per heavy atom. The number of fused-ring (bicyclic) bond motifs is 1. The molecular formula is C33H24N2O6S. The second kappa shape index (κ2) is 11.3. The third-order valence-electron chi connectivity index (χ3n) is 6.81. The minimum Gasteiger partial charge on any atom is -0.478 e. The van der Waals surface area contributed by atoms with E-state index in [-0.39, 0.29) is 17.7 Å². The molecule has 0 saturated heterocycles. The molecule has 1 atom stereocenters. The summed E-state index contributed by atoms with van der Waals surface area (Å²) in [6, 6.07) is 27.9. The summed E-state index contributed by atoms with van der Waals surface area (Å²) in [5.74, 6) is -0.564. The highest BCUT2D eigenvalue weighted by Gasteiger charge is 2.35. The van der Waals surface area contributed by atoms with Gasteiger partial charge in [0.2, 0.25) is 0 Å². The Bertz CT molecular complexity index is 2000. The largest absolute Gasteiger partial charge is 0.478 e. The van der Waals surface area contributed by atoms with Crippen molar-refractivity contribution < 1.29 is 23.8 Å². The number of carbonyl (C=O) groups is 2. The molecule has 0 fully saturated rings.